The van der Waals surface area contributed by atoms with Gasteiger partial charge in [0, 0.05) is 19.8 Å². The van der Waals surface area contributed by atoms with Gasteiger partial charge in [0.05, 0.1) is 39.6 Å². The third kappa shape index (κ3) is 12.8. The van der Waals surface area contributed by atoms with Gasteiger partial charge in [0.25, 0.3) is 0 Å². The zero-order valence-electron chi connectivity index (χ0n) is 12.9. The normalized spacial score (nSPS) is 14.8. The Morgan fingerprint density at radius 1 is 0.750 bits per heavy atom. The SMILES string of the molecule is COCCOCCOCCOCCCCCNC1CC1. The van der Waals surface area contributed by atoms with E-state index in [1.54, 1.807) is 7.11 Å². The summed E-state index contributed by atoms with van der Waals surface area (Å²) in [6, 6.07) is 0.835. The molecule has 0 bridgehead atoms. The second kappa shape index (κ2) is 13.8. The molecule has 1 fully saturated rings. The van der Waals surface area contributed by atoms with Crippen LogP contribution in [0.3, 0.4) is 0 Å². The summed E-state index contributed by atoms with van der Waals surface area (Å²) >= 11 is 0. The predicted molar refractivity (Wildman–Crippen MR) is 79.2 cm³/mol. The average molecular weight is 289 g/mol. The summed E-state index contributed by atoms with van der Waals surface area (Å²) in [5.41, 5.74) is 0. The average Bonchev–Trinajstić information content (AvgIpc) is 3.27. The van der Waals surface area contributed by atoms with E-state index in [1.807, 2.05) is 0 Å². The van der Waals surface area contributed by atoms with Crippen LogP contribution in [-0.4, -0.2) is 65.9 Å². The van der Waals surface area contributed by atoms with E-state index in [0.29, 0.717) is 39.6 Å². The summed E-state index contributed by atoms with van der Waals surface area (Å²) in [6.07, 6.45) is 6.40. The molecule has 0 heterocycles. The lowest BCUT2D eigenvalue weighted by Crippen LogP contribution is -2.17. The van der Waals surface area contributed by atoms with E-state index < -0.39 is 0 Å². The van der Waals surface area contributed by atoms with Gasteiger partial charge in [-0.15, -0.1) is 0 Å². The smallest absolute Gasteiger partial charge is 0.0701 e. The number of hydrogen-bond acceptors (Lipinski definition) is 5. The molecule has 0 aromatic heterocycles. The lowest BCUT2D eigenvalue weighted by molar-refractivity contribution is 0.00325. The fraction of sp³-hybridized carbons (Fsp3) is 1.00. The van der Waals surface area contributed by atoms with Gasteiger partial charge in [0.1, 0.15) is 0 Å². The van der Waals surface area contributed by atoms with Gasteiger partial charge in [-0.2, -0.15) is 0 Å². The first-order valence-electron chi connectivity index (χ1n) is 7.89. The van der Waals surface area contributed by atoms with Crippen molar-refractivity contribution in [1.82, 2.24) is 5.32 Å². The van der Waals surface area contributed by atoms with Crippen LogP contribution in [0, 0.1) is 0 Å². The molecule has 0 amide bonds. The molecule has 0 aliphatic heterocycles. The van der Waals surface area contributed by atoms with Crippen LogP contribution in [0.1, 0.15) is 32.1 Å². The molecule has 1 saturated carbocycles. The van der Waals surface area contributed by atoms with Crippen LogP contribution >= 0.6 is 0 Å². The first-order chi connectivity index (χ1) is 9.93. The predicted octanol–water partition coefficient (Wildman–Crippen LogP) is 1.60. The van der Waals surface area contributed by atoms with Crippen LogP contribution in [0.2, 0.25) is 0 Å². The van der Waals surface area contributed by atoms with Gasteiger partial charge in [0.2, 0.25) is 0 Å². The van der Waals surface area contributed by atoms with Crippen LogP contribution in [0.5, 0.6) is 0 Å². The molecule has 120 valence electrons. The van der Waals surface area contributed by atoms with Crippen molar-refractivity contribution in [3.8, 4) is 0 Å². The Bertz CT molecular complexity index is 200. The first-order valence-corrected chi connectivity index (χ1v) is 7.89. The zero-order valence-corrected chi connectivity index (χ0v) is 12.9. The maximum atomic E-state index is 5.51. The summed E-state index contributed by atoms with van der Waals surface area (Å²) < 4.78 is 21.1. The van der Waals surface area contributed by atoms with Crippen LogP contribution in [-0.2, 0) is 18.9 Å². The van der Waals surface area contributed by atoms with Crippen molar-refractivity contribution in [1.29, 1.82) is 0 Å². The molecule has 0 atom stereocenters. The van der Waals surface area contributed by atoms with E-state index in [0.717, 1.165) is 25.6 Å². The quantitative estimate of drug-likeness (QED) is 0.437. The van der Waals surface area contributed by atoms with Crippen molar-refractivity contribution in [3.63, 3.8) is 0 Å². The molecule has 0 unspecified atom stereocenters. The monoisotopic (exact) mass is 289 g/mol. The molecule has 20 heavy (non-hydrogen) atoms. The van der Waals surface area contributed by atoms with Crippen molar-refractivity contribution in [2.75, 3.05) is 59.9 Å². The minimum atomic E-state index is 0.622. The number of nitrogens with one attached hydrogen (secondary N) is 1. The van der Waals surface area contributed by atoms with Crippen molar-refractivity contribution in [2.24, 2.45) is 0 Å². The number of methoxy groups -OCH3 is 1. The summed E-state index contributed by atoms with van der Waals surface area (Å²) in [5.74, 6) is 0. The highest BCUT2D eigenvalue weighted by molar-refractivity contribution is 4.80. The Balaban J connectivity index is 1.60. The highest BCUT2D eigenvalue weighted by Gasteiger charge is 2.19. The molecule has 5 nitrogen and oxygen atoms in total. The summed E-state index contributed by atoms with van der Waals surface area (Å²) in [6.45, 7) is 5.85. The summed E-state index contributed by atoms with van der Waals surface area (Å²) in [7, 11) is 1.67. The number of ether oxygens (including phenoxy) is 4. The first kappa shape index (κ1) is 17.9. The van der Waals surface area contributed by atoms with Gasteiger partial charge in [-0.05, 0) is 38.6 Å². The van der Waals surface area contributed by atoms with Crippen LogP contribution in [0.15, 0.2) is 0 Å². The molecule has 0 aromatic carbocycles. The van der Waals surface area contributed by atoms with Crippen LogP contribution in [0.25, 0.3) is 0 Å². The lowest BCUT2D eigenvalue weighted by atomic mass is 10.2. The van der Waals surface area contributed by atoms with E-state index in [1.165, 1.54) is 25.7 Å². The standard InChI is InChI=1S/C15H31NO4/c1-17-9-10-19-13-14-20-12-11-18-8-4-2-3-7-16-15-5-6-15/h15-16H,2-14H2,1H3. The van der Waals surface area contributed by atoms with Gasteiger partial charge in [-0.3, -0.25) is 0 Å². The van der Waals surface area contributed by atoms with Crippen molar-refractivity contribution >= 4 is 0 Å². The number of hydrogen-bond donors (Lipinski definition) is 1. The van der Waals surface area contributed by atoms with Crippen molar-refractivity contribution in [3.05, 3.63) is 0 Å². The Hall–Kier alpha value is -0.200. The van der Waals surface area contributed by atoms with E-state index >= 15 is 0 Å². The van der Waals surface area contributed by atoms with Gasteiger partial charge in [0.15, 0.2) is 0 Å². The second-order valence-electron chi connectivity index (χ2n) is 5.12. The van der Waals surface area contributed by atoms with Gasteiger partial charge < -0.3 is 24.3 Å². The van der Waals surface area contributed by atoms with Crippen LogP contribution in [0.4, 0.5) is 0 Å². The van der Waals surface area contributed by atoms with E-state index in [4.69, 9.17) is 18.9 Å². The molecule has 1 aliphatic rings. The minimum absolute atomic E-state index is 0.622. The van der Waals surface area contributed by atoms with Crippen molar-refractivity contribution < 1.29 is 18.9 Å². The highest BCUT2D eigenvalue weighted by atomic mass is 16.6. The molecule has 1 rings (SSSR count). The Morgan fingerprint density at radius 2 is 1.35 bits per heavy atom. The van der Waals surface area contributed by atoms with E-state index in [2.05, 4.69) is 5.32 Å². The maximum Gasteiger partial charge on any atom is 0.0701 e. The minimum Gasteiger partial charge on any atom is -0.382 e. The Kier molecular flexibility index (Phi) is 12.3. The molecule has 0 spiro atoms. The van der Waals surface area contributed by atoms with E-state index in [9.17, 15) is 0 Å². The molecular formula is C15H31NO4. The van der Waals surface area contributed by atoms with Gasteiger partial charge in [-0.25, -0.2) is 0 Å². The number of rotatable bonds is 16. The molecule has 0 radical (unpaired) electrons. The molecule has 0 saturated heterocycles. The summed E-state index contributed by atoms with van der Waals surface area (Å²) in [5, 5.41) is 3.52. The maximum absolute atomic E-state index is 5.51. The molecular weight excluding hydrogens is 258 g/mol. The van der Waals surface area contributed by atoms with Crippen molar-refractivity contribution in [2.45, 2.75) is 38.1 Å². The molecule has 0 aromatic rings. The molecule has 1 aliphatic carbocycles. The fourth-order valence-corrected chi connectivity index (χ4v) is 1.78. The fourth-order valence-electron chi connectivity index (χ4n) is 1.78. The summed E-state index contributed by atoms with van der Waals surface area (Å²) in [4.78, 5) is 0. The Labute approximate surface area is 123 Å². The topological polar surface area (TPSA) is 49.0 Å². The highest BCUT2D eigenvalue weighted by Crippen LogP contribution is 2.18. The molecule has 1 N–H and O–H groups in total. The number of unbranched alkanes of at least 4 members (excludes halogenated alkanes) is 2. The third-order valence-corrected chi connectivity index (χ3v) is 3.15. The second-order valence-corrected chi connectivity index (χ2v) is 5.12. The third-order valence-electron chi connectivity index (χ3n) is 3.15. The van der Waals surface area contributed by atoms with Crippen LogP contribution < -0.4 is 5.32 Å². The molecule has 5 heteroatoms. The zero-order chi connectivity index (χ0) is 14.3. The van der Waals surface area contributed by atoms with Gasteiger partial charge >= 0.3 is 0 Å². The van der Waals surface area contributed by atoms with Gasteiger partial charge in [-0.1, -0.05) is 0 Å². The largest absolute Gasteiger partial charge is 0.382 e. The lowest BCUT2D eigenvalue weighted by Gasteiger charge is -2.07. The Morgan fingerprint density at radius 3 is 1.95 bits per heavy atom. The van der Waals surface area contributed by atoms with E-state index in [-0.39, 0.29) is 0 Å².